The lowest BCUT2D eigenvalue weighted by Crippen LogP contribution is -2.34. The van der Waals surface area contributed by atoms with E-state index < -0.39 is 0 Å². The number of aryl methyl sites for hydroxylation is 1. The van der Waals surface area contributed by atoms with E-state index in [9.17, 15) is 0 Å². The van der Waals surface area contributed by atoms with Gasteiger partial charge in [0.15, 0.2) is 0 Å². The van der Waals surface area contributed by atoms with E-state index in [1.807, 2.05) is 0 Å². The van der Waals surface area contributed by atoms with Crippen LogP contribution in [0.4, 0.5) is 0 Å². The van der Waals surface area contributed by atoms with Crippen molar-refractivity contribution in [3.8, 4) is 0 Å². The van der Waals surface area contributed by atoms with E-state index in [-0.39, 0.29) is 0 Å². The lowest BCUT2D eigenvalue weighted by molar-refractivity contribution is 0.260. The second-order valence-electron chi connectivity index (χ2n) is 7.53. The van der Waals surface area contributed by atoms with Gasteiger partial charge in [-0.25, -0.2) is 0 Å². The fraction of sp³-hybridized carbons (Fsp3) is 0.364. The SMILES string of the molecule is CN(C)C1CN(Cc2ccccc2)CC1c1cn(C)c2ccccc12. The fourth-order valence-electron chi connectivity index (χ4n) is 4.33. The molecule has 2 aromatic carbocycles. The number of likely N-dealkylation sites (tertiary alicyclic amines) is 1. The summed E-state index contributed by atoms with van der Waals surface area (Å²) in [6.07, 6.45) is 2.35. The minimum Gasteiger partial charge on any atom is -0.350 e. The summed E-state index contributed by atoms with van der Waals surface area (Å²) in [5, 5.41) is 1.41. The summed E-state index contributed by atoms with van der Waals surface area (Å²) in [5.41, 5.74) is 4.22. The second kappa shape index (κ2) is 6.66. The van der Waals surface area contributed by atoms with Gasteiger partial charge >= 0.3 is 0 Å². The largest absolute Gasteiger partial charge is 0.350 e. The maximum Gasteiger partial charge on any atom is 0.0480 e. The molecular weight excluding hydrogens is 306 g/mol. The normalized spacial score (nSPS) is 21.4. The Balaban J connectivity index is 1.65. The molecule has 0 bridgehead atoms. The quantitative estimate of drug-likeness (QED) is 0.721. The standard InChI is InChI=1S/C22H27N3/c1-23(2)22-16-25(13-17-9-5-4-6-10-17)15-20(22)19-14-24(3)21-12-8-7-11-18(19)21/h4-12,14,20,22H,13,15-16H2,1-3H3. The molecular formula is C22H27N3. The van der Waals surface area contributed by atoms with Gasteiger partial charge in [0.1, 0.15) is 0 Å². The number of fused-ring (bicyclic) bond motifs is 1. The van der Waals surface area contributed by atoms with E-state index in [0.29, 0.717) is 12.0 Å². The zero-order valence-corrected chi connectivity index (χ0v) is 15.4. The molecule has 1 aliphatic rings. The minimum absolute atomic E-state index is 0.546. The first-order valence-corrected chi connectivity index (χ1v) is 9.10. The molecule has 2 unspecified atom stereocenters. The molecule has 0 aliphatic carbocycles. The predicted octanol–water partition coefficient (Wildman–Crippen LogP) is 3.71. The topological polar surface area (TPSA) is 11.4 Å². The molecule has 0 radical (unpaired) electrons. The summed E-state index contributed by atoms with van der Waals surface area (Å²) < 4.78 is 2.28. The Morgan fingerprint density at radius 2 is 1.68 bits per heavy atom. The summed E-state index contributed by atoms with van der Waals surface area (Å²) in [5.74, 6) is 0.546. The molecule has 3 aromatic rings. The van der Waals surface area contributed by atoms with Gasteiger partial charge in [-0.2, -0.15) is 0 Å². The van der Waals surface area contributed by atoms with Gasteiger partial charge in [0.2, 0.25) is 0 Å². The highest BCUT2D eigenvalue weighted by molar-refractivity contribution is 5.84. The third-order valence-electron chi connectivity index (χ3n) is 5.60. The van der Waals surface area contributed by atoms with Gasteiger partial charge in [-0.05, 0) is 31.3 Å². The molecule has 2 heterocycles. The van der Waals surface area contributed by atoms with E-state index in [1.54, 1.807) is 0 Å². The number of nitrogens with zero attached hydrogens (tertiary/aromatic N) is 3. The zero-order chi connectivity index (χ0) is 17.4. The van der Waals surface area contributed by atoms with Crippen molar-refractivity contribution < 1.29 is 0 Å². The van der Waals surface area contributed by atoms with Crippen molar-refractivity contribution in [2.75, 3.05) is 27.2 Å². The fourth-order valence-corrected chi connectivity index (χ4v) is 4.33. The molecule has 2 atom stereocenters. The molecule has 25 heavy (non-hydrogen) atoms. The van der Waals surface area contributed by atoms with Gasteiger partial charge in [0.05, 0.1) is 0 Å². The maximum atomic E-state index is 2.60. The molecule has 1 aliphatic heterocycles. The Labute approximate surface area is 150 Å². The number of rotatable bonds is 4. The molecule has 1 fully saturated rings. The van der Waals surface area contributed by atoms with Crippen LogP contribution in [0.5, 0.6) is 0 Å². The van der Waals surface area contributed by atoms with Crippen molar-refractivity contribution in [1.29, 1.82) is 0 Å². The summed E-state index contributed by atoms with van der Waals surface area (Å²) in [6, 6.07) is 20.2. The molecule has 1 saturated heterocycles. The molecule has 3 heteroatoms. The third-order valence-corrected chi connectivity index (χ3v) is 5.60. The monoisotopic (exact) mass is 333 g/mol. The van der Waals surface area contributed by atoms with Crippen molar-refractivity contribution in [2.45, 2.75) is 18.5 Å². The van der Waals surface area contributed by atoms with Crippen LogP contribution in [-0.4, -0.2) is 47.6 Å². The first-order valence-electron chi connectivity index (χ1n) is 9.10. The lowest BCUT2D eigenvalue weighted by atomic mass is 9.93. The van der Waals surface area contributed by atoms with Gasteiger partial charge in [-0.15, -0.1) is 0 Å². The van der Waals surface area contributed by atoms with Crippen LogP contribution in [0.3, 0.4) is 0 Å². The second-order valence-corrected chi connectivity index (χ2v) is 7.53. The van der Waals surface area contributed by atoms with E-state index in [4.69, 9.17) is 0 Å². The van der Waals surface area contributed by atoms with Crippen LogP contribution in [0.25, 0.3) is 10.9 Å². The minimum atomic E-state index is 0.546. The summed E-state index contributed by atoms with van der Waals surface area (Å²) >= 11 is 0. The van der Waals surface area contributed by atoms with Crippen LogP contribution in [0.1, 0.15) is 17.0 Å². The number of hydrogen-bond acceptors (Lipinski definition) is 2. The zero-order valence-electron chi connectivity index (χ0n) is 15.4. The molecule has 3 nitrogen and oxygen atoms in total. The molecule has 0 saturated carbocycles. The van der Waals surface area contributed by atoms with Gasteiger partial charge < -0.3 is 9.47 Å². The maximum absolute atomic E-state index is 2.60. The van der Waals surface area contributed by atoms with Crippen LogP contribution in [0.2, 0.25) is 0 Å². The van der Waals surface area contributed by atoms with Crippen molar-refractivity contribution in [3.05, 3.63) is 71.9 Å². The molecule has 0 amide bonds. The van der Waals surface area contributed by atoms with E-state index in [2.05, 4.69) is 96.3 Å². The Kier molecular flexibility index (Phi) is 4.36. The lowest BCUT2D eigenvalue weighted by Gasteiger charge is -2.25. The van der Waals surface area contributed by atoms with Crippen molar-refractivity contribution in [1.82, 2.24) is 14.4 Å². The highest BCUT2D eigenvalue weighted by Gasteiger charge is 2.36. The Hall–Kier alpha value is -2.10. The van der Waals surface area contributed by atoms with E-state index in [0.717, 1.165) is 19.6 Å². The van der Waals surface area contributed by atoms with Crippen LogP contribution >= 0.6 is 0 Å². The Morgan fingerprint density at radius 3 is 2.44 bits per heavy atom. The number of likely N-dealkylation sites (N-methyl/N-ethyl adjacent to an activating group) is 1. The highest BCUT2D eigenvalue weighted by atomic mass is 15.2. The van der Waals surface area contributed by atoms with E-state index >= 15 is 0 Å². The predicted molar refractivity (Wildman–Crippen MR) is 105 cm³/mol. The first-order chi connectivity index (χ1) is 12.1. The average molecular weight is 333 g/mol. The summed E-state index contributed by atoms with van der Waals surface area (Å²) in [7, 11) is 6.59. The Morgan fingerprint density at radius 1 is 0.960 bits per heavy atom. The average Bonchev–Trinajstić information content (AvgIpc) is 3.18. The number of benzene rings is 2. The molecule has 1 aromatic heterocycles. The van der Waals surface area contributed by atoms with Gasteiger partial charge in [-0.1, -0.05) is 48.5 Å². The van der Waals surface area contributed by atoms with E-state index in [1.165, 1.54) is 22.0 Å². The van der Waals surface area contributed by atoms with Crippen LogP contribution < -0.4 is 0 Å². The molecule has 0 spiro atoms. The third kappa shape index (κ3) is 3.10. The van der Waals surface area contributed by atoms with Crippen molar-refractivity contribution >= 4 is 10.9 Å². The van der Waals surface area contributed by atoms with Gasteiger partial charge in [-0.3, -0.25) is 4.90 Å². The first kappa shape index (κ1) is 16.4. The van der Waals surface area contributed by atoms with Gasteiger partial charge in [0.25, 0.3) is 0 Å². The summed E-state index contributed by atoms with van der Waals surface area (Å²) in [4.78, 5) is 5.00. The van der Waals surface area contributed by atoms with Crippen molar-refractivity contribution in [3.63, 3.8) is 0 Å². The smallest absolute Gasteiger partial charge is 0.0480 e. The number of para-hydroxylation sites is 1. The van der Waals surface area contributed by atoms with Gasteiger partial charge in [0, 0.05) is 55.7 Å². The number of aromatic nitrogens is 1. The number of hydrogen-bond donors (Lipinski definition) is 0. The van der Waals surface area contributed by atoms with Crippen LogP contribution in [-0.2, 0) is 13.6 Å². The molecule has 130 valence electrons. The van der Waals surface area contributed by atoms with Crippen LogP contribution in [0, 0.1) is 0 Å². The Bertz CT molecular complexity index is 850. The summed E-state index contributed by atoms with van der Waals surface area (Å²) in [6.45, 7) is 3.27. The van der Waals surface area contributed by atoms with Crippen molar-refractivity contribution in [2.24, 2.45) is 7.05 Å². The highest BCUT2D eigenvalue weighted by Crippen LogP contribution is 2.36. The molecule has 4 rings (SSSR count). The molecule has 0 N–H and O–H groups in total. The van der Waals surface area contributed by atoms with Crippen LogP contribution in [0.15, 0.2) is 60.8 Å².